The Bertz CT molecular complexity index is 834. The van der Waals surface area contributed by atoms with Crippen molar-refractivity contribution in [1.82, 2.24) is 30.3 Å². The number of carbonyl (C=O) groups is 1. The van der Waals surface area contributed by atoms with E-state index in [1.54, 1.807) is 12.3 Å². The third kappa shape index (κ3) is 4.81. The summed E-state index contributed by atoms with van der Waals surface area (Å²) in [5, 5.41) is 10.5. The summed E-state index contributed by atoms with van der Waals surface area (Å²) in [7, 11) is 0. The van der Waals surface area contributed by atoms with Crippen molar-refractivity contribution >= 4 is 11.9 Å². The number of likely N-dealkylation sites (tertiary alicyclic amines) is 1. The summed E-state index contributed by atoms with van der Waals surface area (Å²) in [6.07, 6.45) is 3.28. The van der Waals surface area contributed by atoms with Crippen molar-refractivity contribution in [2.75, 3.05) is 45.9 Å². The first-order valence-electron chi connectivity index (χ1n) is 10.6. The first-order valence-corrected chi connectivity index (χ1v) is 10.6. The van der Waals surface area contributed by atoms with E-state index in [0.29, 0.717) is 50.3 Å². The second kappa shape index (κ2) is 9.75. The number of ether oxygens (including phenoxy) is 1. The number of aliphatic imine (C=N–C) groups is 1. The van der Waals surface area contributed by atoms with E-state index in [9.17, 15) is 4.79 Å². The highest BCUT2D eigenvalue weighted by molar-refractivity contribution is 5.81. The monoisotopic (exact) mass is 415 g/mol. The van der Waals surface area contributed by atoms with Crippen LogP contribution in [0.15, 0.2) is 27.8 Å². The largest absolute Gasteiger partial charge is 0.461 e. The third-order valence-corrected chi connectivity index (χ3v) is 5.45. The maximum atomic E-state index is 12.7. The predicted molar refractivity (Wildman–Crippen MR) is 111 cm³/mol. The van der Waals surface area contributed by atoms with Gasteiger partial charge in [-0.25, -0.2) is 9.98 Å². The number of hydrogen-bond acceptors (Lipinski definition) is 6. The van der Waals surface area contributed by atoms with Crippen LogP contribution in [0.25, 0.3) is 11.6 Å². The number of H-pyrrole nitrogens is 1. The highest BCUT2D eigenvalue weighted by Crippen LogP contribution is 2.21. The van der Waals surface area contributed by atoms with Crippen molar-refractivity contribution in [2.24, 2.45) is 10.9 Å². The Morgan fingerprint density at radius 2 is 2.07 bits per heavy atom. The zero-order valence-electron chi connectivity index (χ0n) is 17.3. The fourth-order valence-corrected chi connectivity index (χ4v) is 3.84. The van der Waals surface area contributed by atoms with Gasteiger partial charge in [-0.05, 0) is 31.9 Å². The topological polar surface area (TPSA) is 112 Å². The standard InChI is InChI=1S/C20H29N7O3/c1-2-21-20(22-14-17-23-18(25-24-17)16-4-3-11-30-16)27-7-5-15(6-8-27)19(28)26-9-12-29-13-10-26/h3-4,11,15H,2,5-10,12-14H2,1H3,(H,21,22)(H,23,24,25). The molecule has 2 N–H and O–H groups in total. The maximum Gasteiger partial charge on any atom is 0.225 e. The molecule has 2 aliphatic rings. The van der Waals surface area contributed by atoms with E-state index < -0.39 is 0 Å². The fourth-order valence-electron chi connectivity index (χ4n) is 3.84. The van der Waals surface area contributed by atoms with Crippen LogP contribution in [0.5, 0.6) is 0 Å². The van der Waals surface area contributed by atoms with Gasteiger partial charge in [0.1, 0.15) is 12.4 Å². The number of carbonyl (C=O) groups excluding carboxylic acids is 1. The number of amides is 1. The molecule has 10 nitrogen and oxygen atoms in total. The molecule has 2 fully saturated rings. The zero-order chi connectivity index (χ0) is 20.8. The molecular formula is C20H29N7O3. The molecule has 0 bridgehead atoms. The number of nitrogens with zero attached hydrogens (tertiary/aromatic N) is 5. The predicted octanol–water partition coefficient (Wildman–Crippen LogP) is 1.10. The molecule has 0 unspecified atom stereocenters. The zero-order valence-corrected chi connectivity index (χ0v) is 17.3. The molecule has 1 amide bonds. The summed E-state index contributed by atoms with van der Waals surface area (Å²) in [5.74, 6) is 3.03. The minimum absolute atomic E-state index is 0.0901. The van der Waals surface area contributed by atoms with E-state index in [1.807, 2.05) is 17.9 Å². The van der Waals surface area contributed by atoms with E-state index in [2.05, 4.69) is 25.4 Å². The molecule has 2 saturated heterocycles. The molecule has 0 aromatic carbocycles. The van der Waals surface area contributed by atoms with Gasteiger partial charge in [-0.15, -0.1) is 5.10 Å². The molecule has 0 aliphatic carbocycles. The van der Waals surface area contributed by atoms with Gasteiger partial charge in [-0.1, -0.05) is 0 Å². The molecule has 0 spiro atoms. The minimum atomic E-state index is 0.0901. The van der Waals surface area contributed by atoms with Gasteiger partial charge in [-0.2, -0.15) is 0 Å². The van der Waals surface area contributed by atoms with Crippen LogP contribution in [0.4, 0.5) is 0 Å². The molecule has 162 valence electrons. The summed E-state index contributed by atoms with van der Waals surface area (Å²) < 4.78 is 10.7. The number of nitrogens with one attached hydrogen (secondary N) is 2. The van der Waals surface area contributed by atoms with Gasteiger partial charge >= 0.3 is 0 Å². The molecule has 0 atom stereocenters. The molecule has 2 aliphatic heterocycles. The molecular weight excluding hydrogens is 386 g/mol. The van der Waals surface area contributed by atoms with E-state index >= 15 is 0 Å². The normalized spacial score (nSPS) is 18.6. The number of piperidine rings is 1. The first-order chi connectivity index (χ1) is 14.7. The number of aromatic amines is 1. The van der Waals surface area contributed by atoms with Crippen LogP contribution in [-0.4, -0.2) is 82.8 Å². The number of hydrogen-bond donors (Lipinski definition) is 2. The lowest BCUT2D eigenvalue weighted by atomic mass is 9.95. The molecule has 2 aromatic heterocycles. The van der Waals surface area contributed by atoms with Gasteiger partial charge in [0, 0.05) is 38.6 Å². The Labute approximate surface area is 175 Å². The Morgan fingerprint density at radius 3 is 2.77 bits per heavy atom. The van der Waals surface area contributed by atoms with Crippen LogP contribution in [0.2, 0.25) is 0 Å². The van der Waals surface area contributed by atoms with Gasteiger partial charge in [0.2, 0.25) is 11.7 Å². The summed E-state index contributed by atoms with van der Waals surface area (Å²) in [5.41, 5.74) is 0. The number of rotatable bonds is 5. The van der Waals surface area contributed by atoms with Crippen LogP contribution in [0, 0.1) is 5.92 Å². The lowest BCUT2D eigenvalue weighted by Gasteiger charge is -2.36. The number of furan rings is 1. The molecule has 30 heavy (non-hydrogen) atoms. The Kier molecular flexibility index (Phi) is 6.63. The van der Waals surface area contributed by atoms with Crippen LogP contribution < -0.4 is 5.32 Å². The van der Waals surface area contributed by atoms with Crippen LogP contribution in [0.3, 0.4) is 0 Å². The van der Waals surface area contributed by atoms with Gasteiger partial charge in [0.15, 0.2) is 11.7 Å². The van der Waals surface area contributed by atoms with E-state index in [-0.39, 0.29) is 11.8 Å². The number of aromatic nitrogens is 3. The first kappa shape index (κ1) is 20.4. The molecule has 2 aromatic rings. The molecule has 0 saturated carbocycles. The molecule has 4 rings (SSSR count). The van der Waals surface area contributed by atoms with Crippen LogP contribution >= 0.6 is 0 Å². The van der Waals surface area contributed by atoms with Gasteiger partial charge in [0.25, 0.3) is 0 Å². The molecule has 10 heteroatoms. The van der Waals surface area contributed by atoms with Crippen molar-refractivity contribution in [3.05, 3.63) is 24.2 Å². The van der Waals surface area contributed by atoms with Crippen molar-refractivity contribution in [3.8, 4) is 11.6 Å². The summed E-state index contributed by atoms with van der Waals surface area (Å²) in [6.45, 7) is 7.54. The second-order valence-corrected chi connectivity index (χ2v) is 7.45. The summed E-state index contributed by atoms with van der Waals surface area (Å²) in [6, 6.07) is 3.63. The quantitative estimate of drug-likeness (QED) is 0.555. The minimum Gasteiger partial charge on any atom is -0.461 e. The van der Waals surface area contributed by atoms with Gasteiger partial charge < -0.3 is 24.3 Å². The Morgan fingerprint density at radius 1 is 1.27 bits per heavy atom. The van der Waals surface area contributed by atoms with Crippen LogP contribution in [0.1, 0.15) is 25.6 Å². The van der Waals surface area contributed by atoms with Crippen molar-refractivity contribution in [2.45, 2.75) is 26.3 Å². The Balaban J connectivity index is 1.33. The lowest BCUT2D eigenvalue weighted by molar-refractivity contribution is -0.140. The van der Waals surface area contributed by atoms with E-state index in [1.165, 1.54) is 0 Å². The van der Waals surface area contributed by atoms with Gasteiger partial charge in [0.05, 0.1) is 19.5 Å². The van der Waals surface area contributed by atoms with Crippen molar-refractivity contribution < 1.29 is 13.9 Å². The second-order valence-electron chi connectivity index (χ2n) is 7.45. The van der Waals surface area contributed by atoms with Crippen LogP contribution in [-0.2, 0) is 16.1 Å². The van der Waals surface area contributed by atoms with E-state index in [0.717, 1.165) is 38.4 Å². The molecule has 0 radical (unpaired) electrons. The van der Waals surface area contributed by atoms with Crippen molar-refractivity contribution in [1.29, 1.82) is 0 Å². The summed E-state index contributed by atoms with van der Waals surface area (Å²) >= 11 is 0. The SMILES string of the molecule is CCNC(=NCc1nc(-c2ccco2)n[nH]1)N1CCC(C(=O)N2CCOCC2)CC1. The summed E-state index contributed by atoms with van der Waals surface area (Å²) in [4.78, 5) is 26.1. The Hall–Kier alpha value is -2.88. The average Bonchev–Trinajstić information content (AvgIpc) is 3.49. The highest BCUT2D eigenvalue weighted by atomic mass is 16.5. The smallest absolute Gasteiger partial charge is 0.225 e. The third-order valence-electron chi connectivity index (χ3n) is 5.45. The lowest BCUT2D eigenvalue weighted by Crippen LogP contribution is -2.50. The molecule has 4 heterocycles. The van der Waals surface area contributed by atoms with Gasteiger partial charge in [-0.3, -0.25) is 9.89 Å². The number of guanidine groups is 1. The maximum absolute atomic E-state index is 12.7. The van der Waals surface area contributed by atoms with E-state index in [4.69, 9.17) is 14.1 Å². The average molecular weight is 415 g/mol. The number of morpholine rings is 1. The van der Waals surface area contributed by atoms with Crippen molar-refractivity contribution in [3.63, 3.8) is 0 Å². The highest BCUT2D eigenvalue weighted by Gasteiger charge is 2.30. The fraction of sp³-hybridized carbons (Fsp3) is 0.600.